The van der Waals surface area contributed by atoms with E-state index in [2.05, 4.69) is 9.08 Å². The van der Waals surface area contributed by atoms with Gasteiger partial charge in [-0.15, -0.1) is 0 Å². The maximum absolute atomic E-state index is 13.2. The highest BCUT2D eigenvalue weighted by Gasteiger charge is 2.77. The standard InChI is InChI=1S/C24H28F3NO8S/c25-24(26,27)37(30,31)36-16-4-3-14-12-17-22(29)5-6-23(33-10-11-34-23)20-21(22,18(14)19(16)35-20)7-8-28(17)13-15-2-1-9-32-15/h3-4,15,17,20,29H,1-2,5-13H2. The Morgan fingerprint density at radius 3 is 2.62 bits per heavy atom. The summed E-state index contributed by atoms with van der Waals surface area (Å²) in [4.78, 5) is 2.27. The molecule has 1 aromatic rings. The molecule has 6 aliphatic rings. The summed E-state index contributed by atoms with van der Waals surface area (Å²) in [7, 11) is -5.93. The van der Waals surface area contributed by atoms with Crippen molar-refractivity contribution in [2.75, 3.05) is 32.9 Å². The minimum atomic E-state index is -5.93. The number of aliphatic hydroxyl groups is 1. The summed E-state index contributed by atoms with van der Waals surface area (Å²) in [5, 5.41) is 12.5. The molecule has 1 saturated carbocycles. The van der Waals surface area contributed by atoms with E-state index in [0.717, 1.165) is 25.0 Å². The molecular weight excluding hydrogens is 519 g/mol. The second kappa shape index (κ2) is 7.72. The summed E-state index contributed by atoms with van der Waals surface area (Å²) < 4.78 is 92.3. The van der Waals surface area contributed by atoms with Crippen molar-refractivity contribution in [1.82, 2.24) is 4.90 Å². The van der Waals surface area contributed by atoms with Gasteiger partial charge in [-0.3, -0.25) is 4.90 Å². The van der Waals surface area contributed by atoms with Gasteiger partial charge in [0.1, 0.15) is 0 Å². The fourth-order valence-electron chi connectivity index (χ4n) is 7.84. The summed E-state index contributed by atoms with van der Waals surface area (Å²) in [6, 6.07) is 2.52. The van der Waals surface area contributed by atoms with E-state index in [1.165, 1.54) is 6.07 Å². The van der Waals surface area contributed by atoms with Gasteiger partial charge in [0, 0.05) is 31.2 Å². The summed E-state index contributed by atoms with van der Waals surface area (Å²) in [6.45, 7) is 2.64. The fourth-order valence-corrected chi connectivity index (χ4v) is 8.31. The molecule has 13 heteroatoms. The van der Waals surface area contributed by atoms with Gasteiger partial charge in [-0.1, -0.05) is 6.07 Å². The molecule has 5 atom stereocenters. The Morgan fingerprint density at radius 2 is 1.92 bits per heavy atom. The van der Waals surface area contributed by atoms with E-state index in [1.54, 1.807) is 6.07 Å². The smallest absolute Gasteiger partial charge is 0.479 e. The third-order valence-electron chi connectivity index (χ3n) is 9.28. The fraction of sp³-hybridized carbons (Fsp3) is 0.750. The first-order valence-electron chi connectivity index (χ1n) is 12.7. The first-order valence-corrected chi connectivity index (χ1v) is 14.1. The van der Waals surface area contributed by atoms with Crippen LogP contribution in [0.1, 0.15) is 43.2 Å². The van der Waals surface area contributed by atoms with E-state index < -0.39 is 44.3 Å². The zero-order chi connectivity index (χ0) is 25.8. The number of piperidine rings is 1. The molecule has 2 aliphatic carbocycles. The van der Waals surface area contributed by atoms with Gasteiger partial charge in [0.25, 0.3) is 0 Å². The molecule has 37 heavy (non-hydrogen) atoms. The van der Waals surface area contributed by atoms with Gasteiger partial charge in [0.05, 0.1) is 30.3 Å². The molecule has 204 valence electrons. The Morgan fingerprint density at radius 1 is 1.14 bits per heavy atom. The molecule has 5 unspecified atom stereocenters. The van der Waals surface area contributed by atoms with Crippen LogP contribution in [0.15, 0.2) is 12.1 Å². The van der Waals surface area contributed by atoms with E-state index in [9.17, 15) is 26.7 Å². The average Bonchev–Trinajstić information content (AvgIpc) is 3.57. The third-order valence-corrected chi connectivity index (χ3v) is 10.2. The minimum absolute atomic E-state index is 0.0832. The molecular formula is C24H28F3NO8S. The van der Waals surface area contributed by atoms with Crippen LogP contribution in [0, 0.1) is 0 Å². The van der Waals surface area contributed by atoms with Crippen molar-refractivity contribution in [2.24, 2.45) is 0 Å². The molecule has 9 nitrogen and oxygen atoms in total. The highest BCUT2D eigenvalue weighted by molar-refractivity contribution is 7.88. The number of alkyl halides is 3. The molecule has 4 heterocycles. The Kier molecular flexibility index (Phi) is 5.09. The van der Waals surface area contributed by atoms with Crippen LogP contribution in [0.3, 0.4) is 0 Å². The lowest BCUT2D eigenvalue weighted by Gasteiger charge is -2.65. The molecule has 1 aromatic carbocycles. The number of nitrogens with zero attached hydrogens (tertiary/aromatic N) is 1. The van der Waals surface area contributed by atoms with E-state index in [-0.39, 0.29) is 17.9 Å². The van der Waals surface area contributed by atoms with Crippen LogP contribution >= 0.6 is 0 Å². The van der Waals surface area contributed by atoms with Gasteiger partial charge in [0.15, 0.2) is 17.6 Å². The van der Waals surface area contributed by atoms with E-state index in [0.29, 0.717) is 57.6 Å². The predicted molar refractivity (Wildman–Crippen MR) is 120 cm³/mol. The molecule has 3 saturated heterocycles. The number of halogens is 3. The largest absolute Gasteiger partial charge is 0.534 e. The van der Waals surface area contributed by atoms with Crippen LogP contribution in [-0.4, -0.2) is 86.5 Å². The number of hydrogen-bond donors (Lipinski definition) is 1. The number of benzene rings is 1. The van der Waals surface area contributed by atoms with Crippen molar-refractivity contribution in [3.8, 4) is 11.5 Å². The number of likely N-dealkylation sites (tertiary alicyclic amines) is 1. The summed E-state index contributed by atoms with van der Waals surface area (Å²) >= 11 is 0. The van der Waals surface area contributed by atoms with Gasteiger partial charge in [-0.05, 0) is 50.3 Å². The van der Waals surface area contributed by atoms with Crippen LogP contribution in [0.25, 0.3) is 0 Å². The SMILES string of the molecule is O=S(=O)(Oc1ccc2c3c1OC1C4(CCC5(O)C(C2)N(CC2CCCO2)CCC315)OCCO4)C(F)(F)F. The molecule has 0 aromatic heterocycles. The first-order chi connectivity index (χ1) is 17.5. The topological polar surface area (TPSA) is 104 Å². The van der Waals surface area contributed by atoms with Gasteiger partial charge in [-0.2, -0.15) is 21.6 Å². The van der Waals surface area contributed by atoms with Crippen LogP contribution in [0.2, 0.25) is 0 Å². The Balaban J connectivity index is 1.37. The molecule has 2 spiro atoms. The first kappa shape index (κ1) is 24.4. The molecule has 1 N–H and O–H groups in total. The summed E-state index contributed by atoms with van der Waals surface area (Å²) in [5.41, 5.74) is -6.65. The highest BCUT2D eigenvalue weighted by Crippen LogP contribution is 2.68. The number of ether oxygens (including phenoxy) is 4. The highest BCUT2D eigenvalue weighted by atomic mass is 32.2. The number of rotatable bonds is 4. The monoisotopic (exact) mass is 547 g/mol. The zero-order valence-corrected chi connectivity index (χ0v) is 20.8. The van der Waals surface area contributed by atoms with Crippen molar-refractivity contribution in [3.63, 3.8) is 0 Å². The molecule has 4 aliphatic heterocycles. The molecule has 0 amide bonds. The average molecular weight is 548 g/mol. The van der Waals surface area contributed by atoms with E-state index >= 15 is 0 Å². The Hall–Kier alpha value is -1.64. The van der Waals surface area contributed by atoms with Crippen LogP contribution < -0.4 is 8.92 Å². The van der Waals surface area contributed by atoms with Crippen LogP contribution in [0.5, 0.6) is 11.5 Å². The van der Waals surface area contributed by atoms with Crippen LogP contribution in [-0.2, 0) is 36.2 Å². The van der Waals surface area contributed by atoms with Crippen molar-refractivity contribution < 1.29 is 49.8 Å². The maximum Gasteiger partial charge on any atom is 0.534 e. The molecule has 0 radical (unpaired) electrons. The minimum Gasteiger partial charge on any atom is -0.479 e. The normalized spacial score (nSPS) is 38.0. The van der Waals surface area contributed by atoms with Crippen molar-refractivity contribution in [2.45, 2.75) is 79.1 Å². The van der Waals surface area contributed by atoms with Crippen molar-refractivity contribution >= 4 is 10.1 Å². The molecule has 7 rings (SSSR count). The van der Waals surface area contributed by atoms with Crippen molar-refractivity contribution in [3.05, 3.63) is 23.3 Å². The second-order valence-corrected chi connectivity index (χ2v) is 12.5. The van der Waals surface area contributed by atoms with E-state index in [1.807, 2.05) is 0 Å². The quantitative estimate of drug-likeness (QED) is 0.448. The number of hydrogen-bond acceptors (Lipinski definition) is 9. The third kappa shape index (κ3) is 3.12. The Bertz CT molecular complexity index is 1230. The molecule has 4 fully saturated rings. The summed E-state index contributed by atoms with van der Waals surface area (Å²) in [6.07, 6.45) is 2.71. The maximum atomic E-state index is 13.2. The lowest BCUT2D eigenvalue weighted by Crippen LogP contribution is -2.79. The molecule has 2 bridgehead atoms. The second-order valence-electron chi connectivity index (χ2n) is 10.9. The zero-order valence-electron chi connectivity index (χ0n) is 20.0. The lowest BCUT2D eigenvalue weighted by molar-refractivity contribution is -0.297. The van der Waals surface area contributed by atoms with Gasteiger partial charge >= 0.3 is 15.6 Å². The van der Waals surface area contributed by atoms with Gasteiger partial charge < -0.3 is 28.2 Å². The lowest BCUT2D eigenvalue weighted by atomic mass is 9.48. The van der Waals surface area contributed by atoms with Gasteiger partial charge in [-0.25, -0.2) is 0 Å². The predicted octanol–water partition coefficient (Wildman–Crippen LogP) is 1.99. The Labute approximate surface area is 211 Å². The number of fused-ring (bicyclic) bond motifs is 1. The van der Waals surface area contributed by atoms with Crippen LogP contribution in [0.4, 0.5) is 13.2 Å². The van der Waals surface area contributed by atoms with Gasteiger partial charge in [0.2, 0.25) is 5.79 Å². The summed E-state index contributed by atoms with van der Waals surface area (Å²) in [5.74, 6) is -1.82. The van der Waals surface area contributed by atoms with E-state index in [4.69, 9.17) is 18.9 Å². The van der Waals surface area contributed by atoms with Crippen molar-refractivity contribution in [1.29, 1.82) is 0 Å².